The predicted molar refractivity (Wildman–Crippen MR) is 68.7 cm³/mol. The highest BCUT2D eigenvalue weighted by molar-refractivity contribution is 5.69. The number of ether oxygens (including phenoxy) is 2. The number of rotatable bonds is 2. The number of amides is 1. The highest BCUT2D eigenvalue weighted by atomic mass is 16.6. The van der Waals surface area contributed by atoms with Gasteiger partial charge in [-0.05, 0) is 26.8 Å². The molecule has 0 atom stereocenters. The molecule has 0 spiro atoms. The van der Waals surface area contributed by atoms with Gasteiger partial charge < -0.3 is 20.1 Å². The number of nitrogens with zero attached hydrogens (tertiary/aromatic N) is 3. The first-order chi connectivity index (χ1) is 8.83. The van der Waals surface area contributed by atoms with E-state index in [0.717, 1.165) is 0 Å². The van der Waals surface area contributed by atoms with Gasteiger partial charge in [-0.1, -0.05) is 0 Å². The van der Waals surface area contributed by atoms with Crippen molar-refractivity contribution < 1.29 is 14.3 Å². The van der Waals surface area contributed by atoms with Crippen LogP contribution in [0.1, 0.15) is 20.8 Å². The first-order valence-corrected chi connectivity index (χ1v) is 6.07. The lowest BCUT2D eigenvalue weighted by atomic mass is 10.2. The van der Waals surface area contributed by atoms with Gasteiger partial charge in [0.25, 0.3) is 0 Å². The van der Waals surface area contributed by atoms with Crippen molar-refractivity contribution in [3.05, 3.63) is 12.1 Å². The molecule has 1 amide bonds. The molecule has 1 aromatic rings. The fourth-order valence-corrected chi connectivity index (χ4v) is 1.55. The van der Waals surface area contributed by atoms with Crippen LogP contribution >= 0.6 is 0 Å². The molecule has 0 aromatic carbocycles. The maximum Gasteiger partial charge on any atom is 0.410 e. The van der Waals surface area contributed by atoms with Crippen molar-refractivity contribution in [2.24, 2.45) is 0 Å². The van der Waals surface area contributed by atoms with Gasteiger partial charge in [-0.3, -0.25) is 0 Å². The minimum absolute atomic E-state index is 0.0783. The van der Waals surface area contributed by atoms with E-state index >= 15 is 0 Å². The number of anilines is 1. The molecule has 1 aliphatic rings. The van der Waals surface area contributed by atoms with E-state index in [1.807, 2.05) is 20.8 Å². The minimum atomic E-state index is -0.481. The van der Waals surface area contributed by atoms with Crippen molar-refractivity contribution >= 4 is 11.9 Å². The van der Waals surface area contributed by atoms with Crippen molar-refractivity contribution in [1.82, 2.24) is 15.1 Å². The summed E-state index contributed by atoms with van der Waals surface area (Å²) in [5.41, 5.74) is 4.95. The van der Waals surface area contributed by atoms with Crippen molar-refractivity contribution in [3.63, 3.8) is 0 Å². The van der Waals surface area contributed by atoms with Gasteiger partial charge in [0.15, 0.2) is 0 Å². The third kappa shape index (κ3) is 3.70. The average Bonchev–Trinajstić information content (AvgIpc) is 2.22. The Morgan fingerprint density at radius 1 is 1.37 bits per heavy atom. The first-order valence-electron chi connectivity index (χ1n) is 6.07. The number of nitrogen functional groups attached to an aromatic ring is 1. The maximum absolute atomic E-state index is 11.7. The Kier molecular flexibility index (Phi) is 3.46. The Labute approximate surface area is 111 Å². The summed E-state index contributed by atoms with van der Waals surface area (Å²) in [6, 6.07) is 3.27. The summed E-state index contributed by atoms with van der Waals surface area (Å²) >= 11 is 0. The third-order valence-corrected chi connectivity index (χ3v) is 2.45. The zero-order valence-electron chi connectivity index (χ0n) is 11.3. The first kappa shape index (κ1) is 13.4. The molecule has 2 N–H and O–H groups in total. The van der Waals surface area contributed by atoms with Crippen LogP contribution in [0.15, 0.2) is 12.1 Å². The van der Waals surface area contributed by atoms with E-state index < -0.39 is 5.60 Å². The van der Waals surface area contributed by atoms with Crippen LogP contribution in [0.2, 0.25) is 0 Å². The van der Waals surface area contributed by atoms with E-state index in [0.29, 0.717) is 24.8 Å². The minimum Gasteiger partial charge on any atom is -0.469 e. The highest BCUT2D eigenvalue weighted by Gasteiger charge is 2.35. The van der Waals surface area contributed by atoms with Crippen LogP contribution in [0.4, 0.5) is 10.6 Å². The molecular formula is C12H18N4O3. The molecule has 7 nitrogen and oxygen atoms in total. The molecule has 1 saturated heterocycles. The van der Waals surface area contributed by atoms with Crippen molar-refractivity contribution in [3.8, 4) is 5.88 Å². The Hall–Kier alpha value is -2.05. The second kappa shape index (κ2) is 4.91. The molecule has 0 unspecified atom stereocenters. The van der Waals surface area contributed by atoms with E-state index in [4.69, 9.17) is 15.2 Å². The summed E-state index contributed by atoms with van der Waals surface area (Å²) in [6.45, 7) is 6.48. The van der Waals surface area contributed by atoms with Gasteiger partial charge in [-0.25, -0.2) is 4.79 Å². The van der Waals surface area contributed by atoms with Gasteiger partial charge in [-0.15, -0.1) is 10.2 Å². The van der Waals surface area contributed by atoms with Gasteiger partial charge in [0, 0.05) is 6.07 Å². The summed E-state index contributed by atoms with van der Waals surface area (Å²) in [7, 11) is 0. The molecule has 0 aliphatic carbocycles. The number of hydrogen-bond acceptors (Lipinski definition) is 6. The molecule has 0 saturated carbocycles. The van der Waals surface area contributed by atoms with Crippen molar-refractivity contribution in [2.45, 2.75) is 32.5 Å². The summed E-state index contributed by atoms with van der Waals surface area (Å²) in [5.74, 6) is 0.749. The van der Waals surface area contributed by atoms with Crippen LogP contribution in [0, 0.1) is 0 Å². The molecule has 2 rings (SSSR count). The monoisotopic (exact) mass is 266 g/mol. The fourth-order valence-electron chi connectivity index (χ4n) is 1.55. The summed E-state index contributed by atoms with van der Waals surface area (Å²) in [4.78, 5) is 13.3. The largest absolute Gasteiger partial charge is 0.469 e. The normalized spacial score (nSPS) is 15.8. The molecule has 1 fully saturated rings. The van der Waals surface area contributed by atoms with Gasteiger partial charge in [-0.2, -0.15) is 0 Å². The third-order valence-electron chi connectivity index (χ3n) is 2.45. The van der Waals surface area contributed by atoms with Gasteiger partial charge >= 0.3 is 6.09 Å². The molecule has 2 heterocycles. The SMILES string of the molecule is CC(C)(C)OC(=O)N1CC(Oc2ccc(N)nn2)C1. The standard InChI is InChI=1S/C12H18N4O3/c1-12(2,3)19-11(17)16-6-8(7-16)18-10-5-4-9(13)14-15-10/h4-5,8H,6-7H2,1-3H3,(H2,13,14). The Balaban J connectivity index is 1.77. The van der Waals surface area contributed by atoms with Gasteiger partial charge in [0.2, 0.25) is 5.88 Å². The number of hydrogen-bond donors (Lipinski definition) is 1. The number of nitrogens with two attached hydrogens (primary N) is 1. The van der Waals surface area contributed by atoms with Crippen LogP contribution < -0.4 is 10.5 Å². The second-order valence-corrected chi connectivity index (χ2v) is 5.42. The molecule has 0 radical (unpaired) electrons. The zero-order chi connectivity index (χ0) is 14.0. The van der Waals surface area contributed by atoms with Gasteiger partial charge in [0.1, 0.15) is 17.5 Å². The van der Waals surface area contributed by atoms with Gasteiger partial charge in [0.05, 0.1) is 13.1 Å². The lowest BCUT2D eigenvalue weighted by molar-refractivity contribution is -0.0234. The van der Waals surface area contributed by atoms with E-state index in [1.165, 1.54) is 0 Å². The lowest BCUT2D eigenvalue weighted by Gasteiger charge is -2.39. The van der Waals surface area contributed by atoms with Crippen LogP contribution in [-0.2, 0) is 4.74 Å². The summed E-state index contributed by atoms with van der Waals surface area (Å²) in [5, 5.41) is 7.49. The predicted octanol–water partition coefficient (Wildman–Crippen LogP) is 1.06. The fraction of sp³-hybridized carbons (Fsp3) is 0.583. The number of aromatic nitrogens is 2. The molecule has 1 aliphatic heterocycles. The zero-order valence-corrected chi connectivity index (χ0v) is 11.3. The topological polar surface area (TPSA) is 90.6 Å². The molecule has 0 bridgehead atoms. The number of carbonyl (C=O) groups is 1. The van der Waals surface area contributed by atoms with Crippen LogP contribution in [0.5, 0.6) is 5.88 Å². The Morgan fingerprint density at radius 2 is 2.05 bits per heavy atom. The number of likely N-dealkylation sites (tertiary alicyclic amines) is 1. The van der Waals surface area contributed by atoms with E-state index in [-0.39, 0.29) is 12.2 Å². The number of carbonyl (C=O) groups excluding carboxylic acids is 1. The van der Waals surface area contributed by atoms with E-state index in [1.54, 1.807) is 17.0 Å². The summed E-state index contributed by atoms with van der Waals surface area (Å²) < 4.78 is 10.8. The molecular weight excluding hydrogens is 248 g/mol. The quantitative estimate of drug-likeness (QED) is 0.860. The van der Waals surface area contributed by atoms with Crippen molar-refractivity contribution in [1.29, 1.82) is 0 Å². The van der Waals surface area contributed by atoms with Crippen LogP contribution in [0.3, 0.4) is 0 Å². The van der Waals surface area contributed by atoms with Crippen LogP contribution in [0.25, 0.3) is 0 Å². The van der Waals surface area contributed by atoms with Crippen molar-refractivity contribution in [2.75, 3.05) is 18.8 Å². The van der Waals surface area contributed by atoms with E-state index in [9.17, 15) is 4.79 Å². The van der Waals surface area contributed by atoms with Crippen LogP contribution in [-0.4, -0.2) is 46.0 Å². The Bertz CT molecular complexity index is 449. The van der Waals surface area contributed by atoms with E-state index in [2.05, 4.69) is 10.2 Å². The maximum atomic E-state index is 11.7. The highest BCUT2D eigenvalue weighted by Crippen LogP contribution is 2.18. The molecule has 7 heteroatoms. The Morgan fingerprint density at radius 3 is 2.58 bits per heavy atom. The smallest absolute Gasteiger partial charge is 0.410 e. The summed E-state index contributed by atoms with van der Waals surface area (Å²) in [6.07, 6.45) is -0.402. The molecule has 1 aromatic heterocycles. The lowest BCUT2D eigenvalue weighted by Crippen LogP contribution is -2.57. The second-order valence-electron chi connectivity index (χ2n) is 5.42. The molecule has 19 heavy (non-hydrogen) atoms. The molecule has 104 valence electrons. The average molecular weight is 266 g/mol.